The van der Waals surface area contributed by atoms with Crippen molar-refractivity contribution in [3.05, 3.63) is 0 Å². The molecular formula is C6H13N3OS. The number of nitrogens with one attached hydrogen (secondary N) is 2. The number of hydrazine groups is 1. The molecule has 0 aliphatic heterocycles. The first-order chi connectivity index (χ1) is 5.07. The molecular weight excluding hydrogens is 162 g/mol. The molecule has 4 nitrogen and oxygen atoms in total. The van der Waals surface area contributed by atoms with Crippen LogP contribution in [-0.2, 0) is 4.79 Å². The third kappa shape index (κ3) is 4.55. The van der Waals surface area contributed by atoms with Gasteiger partial charge in [-0.3, -0.25) is 15.6 Å². The van der Waals surface area contributed by atoms with Gasteiger partial charge in [-0.05, 0) is 18.6 Å². The average Bonchev–Trinajstić information content (AvgIpc) is 1.98. The Morgan fingerprint density at radius 1 is 1.64 bits per heavy atom. The van der Waals surface area contributed by atoms with Gasteiger partial charge in [-0.2, -0.15) is 0 Å². The SMILES string of the molecule is CCC(C)C(=O)NNC(N)=S. The first-order valence-corrected chi connectivity index (χ1v) is 3.84. The van der Waals surface area contributed by atoms with Crippen molar-refractivity contribution in [3.8, 4) is 0 Å². The summed E-state index contributed by atoms with van der Waals surface area (Å²) in [5, 5.41) is 0.0710. The van der Waals surface area contributed by atoms with Crippen LogP contribution in [0.5, 0.6) is 0 Å². The summed E-state index contributed by atoms with van der Waals surface area (Å²) in [6, 6.07) is 0. The summed E-state index contributed by atoms with van der Waals surface area (Å²) in [4.78, 5) is 11.0. The summed E-state index contributed by atoms with van der Waals surface area (Å²) in [6.45, 7) is 3.77. The van der Waals surface area contributed by atoms with E-state index in [2.05, 4.69) is 23.1 Å². The van der Waals surface area contributed by atoms with Crippen LogP contribution in [0.15, 0.2) is 0 Å². The summed E-state index contributed by atoms with van der Waals surface area (Å²) in [7, 11) is 0. The average molecular weight is 175 g/mol. The Balaban J connectivity index is 3.60. The molecule has 0 aliphatic carbocycles. The third-order valence-electron chi connectivity index (χ3n) is 1.37. The lowest BCUT2D eigenvalue weighted by Crippen LogP contribution is -2.46. The van der Waals surface area contributed by atoms with Gasteiger partial charge in [0.05, 0.1) is 0 Å². The van der Waals surface area contributed by atoms with Gasteiger partial charge >= 0.3 is 0 Å². The Kier molecular flexibility index (Phi) is 4.52. The van der Waals surface area contributed by atoms with Gasteiger partial charge in [-0.15, -0.1) is 0 Å². The predicted octanol–water partition coefficient (Wildman–Crippen LogP) is -0.103. The number of carbonyl (C=O) groups is 1. The normalized spacial score (nSPS) is 11.8. The zero-order valence-corrected chi connectivity index (χ0v) is 7.49. The van der Waals surface area contributed by atoms with E-state index in [1.807, 2.05) is 13.8 Å². The zero-order chi connectivity index (χ0) is 8.85. The van der Waals surface area contributed by atoms with E-state index in [1.54, 1.807) is 0 Å². The highest BCUT2D eigenvalue weighted by Crippen LogP contribution is 1.97. The Hall–Kier alpha value is -0.840. The van der Waals surface area contributed by atoms with Crippen LogP contribution in [-0.4, -0.2) is 11.0 Å². The number of rotatable bonds is 2. The number of hydrogen-bond acceptors (Lipinski definition) is 2. The number of amides is 1. The Morgan fingerprint density at radius 2 is 2.18 bits per heavy atom. The second-order valence-electron chi connectivity index (χ2n) is 2.29. The summed E-state index contributed by atoms with van der Waals surface area (Å²) in [5.74, 6) is -0.114. The maximum Gasteiger partial charge on any atom is 0.241 e. The molecule has 1 amide bonds. The number of nitrogens with two attached hydrogens (primary N) is 1. The molecule has 0 bridgehead atoms. The minimum absolute atomic E-state index is 0.0168. The van der Waals surface area contributed by atoms with Crippen molar-refractivity contribution in [2.75, 3.05) is 0 Å². The molecule has 0 aromatic rings. The number of thiocarbonyl (C=S) groups is 1. The molecule has 5 heteroatoms. The molecule has 0 fully saturated rings. The van der Waals surface area contributed by atoms with Gasteiger partial charge in [0.25, 0.3) is 0 Å². The van der Waals surface area contributed by atoms with E-state index in [1.165, 1.54) is 0 Å². The van der Waals surface area contributed by atoms with Crippen LogP contribution < -0.4 is 16.6 Å². The minimum Gasteiger partial charge on any atom is -0.375 e. The van der Waals surface area contributed by atoms with Crippen molar-refractivity contribution in [2.45, 2.75) is 20.3 Å². The summed E-state index contributed by atoms with van der Waals surface area (Å²) in [5.41, 5.74) is 9.84. The molecule has 0 saturated carbocycles. The molecule has 0 aromatic carbocycles. The molecule has 4 N–H and O–H groups in total. The topological polar surface area (TPSA) is 67.2 Å². The van der Waals surface area contributed by atoms with E-state index >= 15 is 0 Å². The quantitative estimate of drug-likeness (QED) is 0.405. The van der Waals surface area contributed by atoms with E-state index in [9.17, 15) is 4.79 Å². The van der Waals surface area contributed by atoms with Crippen LogP contribution >= 0.6 is 12.2 Å². The van der Waals surface area contributed by atoms with Crippen LogP contribution in [0.25, 0.3) is 0 Å². The molecule has 64 valence electrons. The Bertz CT molecular complexity index is 160. The molecule has 0 heterocycles. The van der Waals surface area contributed by atoms with Crippen LogP contribution in [0.2, 0.25) is 0 Å². The number of hydrogen-bond donors (Lipinski definition) is 3. The van der Waals surface area contributed by atoms with Crippen molar-refractivity contribution in [2.24, 2.45) is 11.7 Å². The zero-order valence-electron chi connectivity index (χ0n) is 6.68. The largest absolute Gasteiger partial charge is 0.375 e. The fourth-order valence-corrected chi connectivity index (χ4v) is 0.483. The molecule has 11 heavy (non-hydrogen) atoms. The third-order valence-corrected chi connectivity index (χ3v) is 1.47. The Labute approximate surface area is 71.5 Å². The lowest BCUT2D eigenvalue weighted by molar-refractivity contribution is -0.125. The second kappa shape index (κ2) is 4.90. The maximum atomic E-state index is 11.0. The van der Waals surface area contributed by atoms with Gasteiger partial charge < -0.3 is 5.73 Å². The van der Waals surface area contributed by atoms with Crippen molar-refractivity contribution in [1.29, 1.82) is 0 Å². The fraction of sp³-hybridized carbons (Fsp3) is 0.667. The highest BCUT2D eigenvalue weighted by atomic mass is 32.1. The van der Waals surface area contributed by atoms with Gasteiger partial charge in [0.15, 0.2) is 5.11 Å². The monoisotopic (exact) mass is 175 g/mol. The first kappa shape index (κ1) is 10.2. The van der Waals surface area contributed by atoms with Gasteiger partial charge in [0, 0.05) is 5.92 Å². The molecule has 0 rings (SSSR count). The molecule has 0 radical (unpaired) electrons. The van der Waals surface area contributed by atoms with Crippen molar-refractivity contribution < 1.29 is 4.79 Å². The van der Waals surface area contributed by atoms with Crippen molar-refractivity contribution >= 4 is 23.2 Å². The maximum absolute atomic E-state index is 11.0. The molecule has 1 atom stereocenters. The van der Waals surface area contributed by atoms with E-state index in [0.29, 0.717) is 0 Å². The van der Waals surface area contributed by atoms with E-state index in [4.69, 9.17) is 5.73 Å². The number of carbonyl (C=O) groups excluding carboxylic acids is 1. The van der Waals surface area contributed by atoms with Crippen molar-refractivity contribution in [1.82, 2.24) is 10.9 Å². The fourth-order valence-electron chi connectivity index (χ4n) is 0.432. The predicted molar refractivity (Wildman–Crippen MR) is 47.5 cm³/mol. The Morgan fingerprint density at radius 3 is 2.55 bits per heavy atom. The lowest BCUT2D eigenvalue weighted by atomic mass is 10.1. The van der Waals surface area contributed by atoms with E-state index in [-0.39, 0.29) is 16.9 Å². The van der Waals surface area contributed by atoms with Crippen LogP contribution in [0.4, 0.5) is 0 Å². The highest BCUT2D eigenvalue weighted by Gasteiger charge is 2.08. The summed E-state index contributed by atoms with van der Waals surface area (Å²) < 4.78 is 0. The van der Waals surface area contributed by atoms with Crippen LogP contribution in [0, 0.1) is 5.92 Å². The summed E-state index contributed by atoms with van der Waals surface area (Å²) in [6.07, 6.45) is 0.796. The van der Waals surface area contributed by atoms with E-state index in [0.717, 1.165) is 6.42 Å². The van der Waals surface area contributed by atoms with Gasteiger partial charge in [-0.1, -0.05) is 13.8 Å². The van der Waals surface area contributed by atoms with Gasteiger partial charge in [0.2, 0.25) is 5.91 Å². The van der Waals surface area contributed by atoms with Crippen LogP contribution in [0.1, 0.15) is 20.3 Å². The molecule has 0 aromatic heterocycles. The second-order valence-corrected chi connectivity index (χ2v) is 2.73. The first-order valence-electron chi connectivity index (χ1n) is 3.43. The molecule has 1 unspecified atom stereocenters. The minimum atomic E-state index is -0.0969. The molecule has 0 spiro atoms. The van der Waals surface area contributed by atoms with Gasteiger partial charge in [-0.25, -0.2) is 0 Å². The molecule has 0 saturated heterocycles. The lowest BCUT2D eigenvalue weighted by Gasteiger charge is -2.09. The molecule has 0 aliphatic rings. The summed E-state index contributed by atoms with van der Waals surface area (Å²) >= 11 is 4.49. The van der Waals surface area contributed by atoms with Gasteiger partial charge in [0.1, 0.15) is 0 Å². The van der Waals surface area contributed by atoms with Crippen molar-refractivity contribution in [3.63, 3.8) is 0 Å². The standard InChI is InChI=1S/C6H13N3OS/c1-3-4(2)5(10)8-9-6(7)11/h4H,3H2,1-2H3,(H,8,10)(H3,7,9,11). The van der Waals surface area contributed by atoms with E-state index < -0.39 is 0 Å². The van der Waals surface area contributed by atoms with Crippen LogP contribution in [0.3, 0.4) is 0 Å². The highest BCUT2D eigenvalue weighted by molar-refractivity contribution is 7.80. The smallest absolute Gasteiger partial charge is 0.241 e.